The van der Waals surface area contributed by atoms with E-state index in [4.69, 9.17) is 9.47 Å². The van der Waals surface area contributed by atoms with Crippen LogP contribution in [-0.4, -0.2) is 41.0 Å². The maximum absolute atomic E-state index is 12.9. The van der Waals surface area contributed by atoms with Crippen LogP contribution < -0.4 is 0 Å². The number of carbonyl (C=O) groups is 2. The lowest BCUT2D eigenvalue weighted by atomic mass is 9.94. The molecular weight excluding hydrogens is 408 g/mol. The van der Waals surface area contributed by atoms with Crippen LogP contribution in [0.4, 0.5) is 0 Å². The Bertz CT molecular complexity index is 757. The second kappa shape index (κ2) is 13.9. The summed E-state index contributed by atoms with van der Waals surface area (Å²) in [6.45, 7) is 4.23. The van der Waals surface area contributed by atoms with Gasteiger partial charge < -0.3 is 19.7 Å². The summed E-state index contributed by atoms with van der Waals surface area (Å²) in [6.07, 6.45) is 10.1. The summed E-state index contributed by atoms with van der Waals surface area (Å²) >= 11 is 0. The van der Waals surface area contributed by atoms with Gasteiger partial charge in [-0.2, -0.15) is 0 Å². The molecule has 6 nitrogen and oxygen atoms in total. The Hall–Kier alpha value is -2.34. The first kappa shape index (κ1) is 25.9. The van der Waals surface area contributed by atoms with E-state index in [-0.39, 0.29) is 36.2 Å². The average Bonchev–Trinajstić information content (AvgIpc) is 2.75. The number of aliphatic hydroxyl groups is 1. The molecule has 0 fully saturated rings. The van der Waals surface area contributed by atoms with E-state index in [1.54, 1.807) is 12.1 Å². The van der Waals surface area contributed by atoms with Gasteiger partial charge >= 0.3 is 11.9 Å². The molecule has 178 valence electrons. The molecule has 0 spiro atoms. The van der Waals surface area contributed by atoms with Crippen LogP contribution in [0.15, 0.2) is 30.4 Å². The van der Waals surface area contributed by atoms with Gasteiger partial charge in [0.1, 0.15) is 17.4 Å². The second-order valence-corrected chi connectivity index (χ2v) is 8.70. The molecule has 2 rings (SSSR count). The number of rotatable bonds is 9. The number of hydrogen-bond acceptors (Lipinski definition) is 6. The number of phenols is 1. The summed E-state index contributed by atoms with van der Waals surface area (Å²) in [7, 11) is 0. The SMILES string of the molecule is CCCCCCCC(=O)OCC[C@H]1C[C@@H](O)[C@@H](C)C/C=C/Cc2cccc(O)c2C(=O)O1. The van der Waals surface area contributed by atoms with Gasteiger partial charge in [0.15, 0.2) is 0 Å². The highest BCUT2D eigenvalue weighted by Crippen LogP contribution is 2.26. The molecule has 0 aromatic heterocycles. The van der Waals surface area contributed by atoms with Gasteiger partial charge in [0.25, 0.3) is 0 Å². The van der Waals surface area contributed by atoms with Crippen LogP contribution in [0.3, 0.4) is 0 Å². The Morgan fingerprint density at radius 3 is 2.75 bits per heavy atom. The molecule has 3 atom stereocenters. The van der Waals surface area contributed by atoms with Gasteiger partial charge in [-0.05, 0) is 36.8 Å². The van der Waals surface area contributed by atoms with E-state index in [2.05, 4.69) is 6.92 Å². The first-order valence-electron chi connectivity index (χ1n) is 11.9. The van der Waals surface area contributed by atoms with E-state index < -0.39 is 18.2 Å². The van der Waals surface area contributed by atoms with Gasteiger partial charge in [0, 0.05) is 19.3 Å². The summed E-state index contributed by atoms with van der Waals surface area (Å²) < 4.78 is 11.0. The molecule has 0 amide bonds. The summed E-state index contributed by atoms with van der Waals surface area (Å²) in [6, 6.07) is 4.96. The van der Waals surface area contributed by atoms with E-state index in [0.29, 0.717) is 31.2 Å². The lowest BCUT2D eigenvalue weighted by Gasteiger charge is -2.25. The lowest BCUT2D eigenvalue weighted by Crippen LogP contribution is -2.29. The molecule has 6 heteroatoms. The highest BCUT2D eigenvalue weighted by atomic mass is 16.6. The molecule has 0 unspecified atom stereocenters. The number of esters is 2. The Morgan fingerprint density at radius 1 is 1.19 bits per heavy atom. The fraction of sp³-hybridized carbons (Fsp3) is 0.615. The Morgan fingerprint density at radius 2 is 1.97 bits per heavy atom. The van der Waals surface area contributed by atoms with Crippen LogP contribution in [0.25, 0.3) is 0 Å². The maximum atomic E-state index is 12.9. The van der Waals surface area contributed by atoms with Gasteiger partial charge in [0.2, 0.25) is 0 Å². The number of unbranched alkanes of at least 4 members (excludes halogenated alkanes) is 4. The third-order valence-electron chi connectivity index (χ3n) is 5.97. The van der Waals surface area contributed by atoms with Crippen molar-refractivity contribution < 1.29 is 29.3 Å². The molecule has 32 heavy (non-hydrogen) atoms. The molecule has 0 saturated heterocycles. The van der Waals surface area contributed by atoms with Gasteiger partial charge in [-0.3, -0.25) is 4.79 Å². The maximum Gasteiger partial charge on any atom is 0.342 e. The van der Waals surface area contributed by atoms with Crippen molar-refractivity contribution in [2.75, 3.05) is 6.61 Å². The summed E-state index contributed by atoms with van der Waals surface area (Å²) in [5, 5.41) is 20.8. The number of aromatic hydroxyl groups is 1. The van der Waals surface area contributed by atoms with Crippen molar-refractivity contribution in [1.29, 1.82) is 0 Å². The third kappa shape index (κ3) is 8.65. The van der Waals surface area contributed by atoms with Crippen molar-refractivity contribution in [3.8, 4) is 5.75 Å². The van der Waals surface area contributed by atoms with Crippen molar-refractivity contribution >= 4 is 11.9 Å². The van der Waals surface area contributed by atoms with Gasteiger partial charge in [-0.25, -0.2) is 4.79 Å². The monoisotopic (exact) mass is 446 g/mol. The molecule has 0 aliphatic carbocycles. The fourth-order valence-electron chi connectivity index (χ4n) is 3.86. The van der Waals surface area contributed by atoms with Gasteiger partial charge in [0.05, 0.1) is 12.7 Å². The topological polar surface area (TPSA) is 93.1 Å². The average molecular weight is 447 g/mol. The van der Waals surface area contributed by atoms with Crippen molar-refractivity contribution in [1.82, 2.24) is 0 Å². The number of aliphatic hydroxyl groups excluding tert-OH is 1. The Balaban J connectivity index is 1.99. The van der Waals surface area contributed by atoms with Gasteiger partial charge in [-0.1, -0.05) is 63.8 Å². The predicted octanol–water partition coefficient (Wildman–Crippen LogP) is 5.10. The molecule has 0 saturated carbocycles. The van der Waals surface area contributed by atoms with E-state index in [1.807, 2.05) is 19.1 Å². The van der Waals surface area contributed by atoms with E-state index in [9.17, 15) is 19.8 Å². The molecule has 0 radical (unpaired) electrons. The number of carbonyl (C=O) groups excluding carboxylic acids is 2. The predicted molar refractivity (Wildman–Crippen MR) is 124 cm³/mol. The fourth-order valence-corrected chi connectivity index (χ4v) is 3.86. The van der Waals surface area contributed by atoms with E-state index in [0.717, 1.165) is 25.7 Å². The number of benzene rings is 1. The highest BCUT2D eigenvalue weighted by molar-refractivity contribution is 5.94. The van der Waals surface area contributed by atoms with Crippen LogP contribution in [0.5, 0.6) is 5.75 Å². The molecule has 1 aromatic carbocycles. The van der Waals surface area contributed by atoms with Crippen molar-refractivity contribution in [3.05, 3.63) is 41.5 Å². The highest BCUT2D eigenvalue weighted by Gasteiger charge is 2.26. The summed E-state index contributed by atoms with van der Waals surface area (Å²) in [5.41, 5.74) is 0.836. The smallest absolute Gasteiger partial charge is 0.342 e. The zero-order valence-corrected chi connectivity index (χ0v) is 19.4. The number of phenolic OH excluding ortho intramolecular Hbond substituents is 1. The minimum absolute atomic E-state index is 0.00111. The van der Waals surface area contributed by atoms with E-state index >= 15 is 0 Å². The number of fused-ring (bicyclic) bond motifs is 1. The number of cyclic esters (lactones) is 1. The number of ether oxygens (including phenoxy) is 2. The number of allylic oxidation sites excluding steroid dienone is 2. The first-order valence-corrected chi connectivity index (χ1v) is 11.9. The third-order valence-corrected chi connectivity index (χ3v) is 5.97. The molecule has 1 aliphatic heterocycles. The molecule has 1 aliphatic rings. The summed E-state index contributed by atoms with van der Waals surface area (Å²) in [5.74, 6) is -0.997. The van der Waals surface area contributed by atoms with Crippen LogP contribution in [0.1, 0.15) is 87.6 Å². The molecule has 1 aromatic rings. The normalized spacial score (nSPS) is 22.7. The quantitative estimate of drug-likeness (QED) is 0.311. The Kier molecular flexibility index (Phi) is 11.3. The van der Waals surface area contributed by atoms with Crippen molar-refractivity contribution in [2.24, 2.45) is 5.92 Å². The minimum Gasteiger partial charge on any atom is -0.507 e. The van der Waals surface area contributed by atoms with Crippen LogP contribution in [0.2, 0.25) is 0 Å². The van der Waals surface area contributed by atoms with Crippen LogP contribution >= 0.6 is 0 Å². The molecule has 0 bridgehead atoms. The Labute approximate surface area is 191 Å². The second-order valence-electron chi connectivity index (χ2n) is 8.70. The first-order chi connectivity index (χ1) is 15.4. The van der Waals surface area contributed by atoms with Crippen LogP contribution in [0, 0.1) is 5.92 Å². The lowest BCUT2D eigenvalue weighted by molar-refractivity contribution is -0.144. The van der Waals surface area contributed by atoms with E-state index in [1.165, 1.54) is 12.5 Å². The zero-order chi connectivity index (χ0) is 23.3. The minimum atomic E-state index is -0.657. The molecule has 1 heterocycles. The standard InChI is InChI=1S/C26H38O6/c1-3-4-5-6-7-15-24(29)31-17-16-21-18-23(28)19(2)11-8-9-12-20-13-10-14-22(27)25(20)26(30)32-21/h8-10,13-14,19,21,23,27-28H,3-7,11-12,15-18H2,1-2H3/b9-8+/t19-,21-,23+/m0/s1. The largest absolute Gasteiger partial charge is 0.507 e. The van der Waals surface area contributed by atoms with Crippen molar-refractivity contribution in [3.63, 3.8) is 0 Å². The molecule has 2 N–H and O–H groups in total. The zero-order valence-electron chi connectivity index (χ0n) is 19.4. The van der Waals surface area contributed by atoms with Gasteiger partial charge in [-0.15, -0.1) is 0 Å². The number of hydrogen-bond donors (Lipinski definition) is 2. The van der Waals surface area contributed by atoms with Crippen LogP contribution in [-0.2, 0) is 20.7 Å². The summed E-state index contributed by atoms with van der Waals surface area (Å²) in [4.78, 5) is 24.9. The molecular formula is C26H38O6. The van der Waals surface area contributed by atoms with Crippen molar-refractivity contribution in [2.45, 2.75) is 90.3 Å².